The maximum atomic E-state index is 5.93. The Balaban J connectivity index is 2.38. The van der Waals surface area contributed by atoms with Crippen molar-refractivity contribution in [3.05, 3.63) is 20.8 Å². The van der Waals surface area contributed by atoms with Gasteiger partial charge in [-0.05, 0) is 24.0 Å². The van der Waals surface area contributed by atoms with Crippen molar-refractivity contribution in [3.8, 4) is 0 Å². The van der Waals surface area contributed by atoms with Crippen molar-refractivity contribution in [2.45, 2.75) is 19.3 Å². The van der Waals surface area contributed by atoms with E-state index in [1.807, 2.05) is 0 Å². The Hall–Kier alpha value is -0.0500. The maximum Gasteiger partial charge on any atom is 0.0934 e. The van der Waals surface area contributed by atoms with E-state index in [2.05, 4.69) is 13.0 Å². The summed E-state index contributed by atoms with van der Waals surface area (Å²) in [5.41, 5.74) is 7.14. The topological polar surface area (TPSA) is 26.0 Å². The molecule has 2 atom stereocenters. The van der Waals surface area contributed by atoms with Gasteiger partial charge in [-0.15, -0.1) is 11.3 Å². The standard InChI is InChI=1S/C9H12ClNS/c1-5-2-6-3-8(10)12-9(6)7(5)4-11/h3,5,7H,2,4,11H2,1H3. The molecule has 2 rings (SSSR count). The van der Waals surface area contributed by atoms with E-state index >= 15 is 0 Å². The van der Waals surface area contributed by atoms with Crippen LogP contribution in [0.25, 0.3) is 0 Å². The van der Waals surface area contributed by atoms with Crippen molar-refractivity contribution >= 4 is 22.9 Å². The highest BCUT2D eigenvalue weighted by Crippen LogP contribution is 2.43. The van der Waals surface area contributed by atoms with Gasteiger partial charge in [-0.3, -0.25) is 0 Å². The normalized spacial score (nSPS) is 27.6. The van der Waals surface area contributed by atoms with Crippen LogP contribution in [0.1, 0.15) is 23.3 Å². The van der Waals surface area contributed by atoms with Gasteiger partial charge in [0.25, 0.3) is 0 Å². The van der Waals surface area contributed by atoms with Crippen molar-refractivity contribution in [1.82, 2.24) is 0 Å². The fourth-order valence-electron chi connectivity index (χ4n) is 1.97. The molecule has 1 aliphatic carbocycles. The monoisotopic (exact) mass is 201 g/mol. The molecule has 12 heavy (non-hydrogen) atoms. The first-order valence-corrected chi connectivity index (χ1v) is 5.40. The van der Waals surface area contributed by atoms with Gasteiger partial charge in [0.2, 0.25) is 0 Å². The zero-order chi connectivity index (χ0) is 8.72. The quantitative estimate of drug-likeness (QED) is 0.743. The average Bonchev–Trinajstić information content (AvgIpc) is 2.43. The van der Waals surface area contributed by atoms with Crippen LogP contribution in [-0.2, 0) is 6.42 Å². The van der Waals surface area contributed by atoms with Gasteiger partial charge in [-0.25, -0.2) is 0 Å². The molecule has 3 heteroatoms. The lowest BCUT2D eigenvalue weighted by molar-refractivity contribution is 0.509. The number of fused-ring (bicyclic) bond motifs is 1. The Morgan fingerprint density at radius 2 is 2.50 bits per heavy atom. The predicted octanol–water partition coefficient (Wildman–Crippen LogP) is 2.64. The van der Waals surface area contributed by atoms with Crippen molar-refractivity contribution in [3.63, 3.8) is 0 Å². The number of nitrogens with two attached hydrogens (primary N) is 1. The van der Waals surface area contributed by atoms with Gasteiger partial charge < -0.3 is 5.73 Å². The number of hydrogen-bond acceptors (Lipinski definition) is 2. The Morgan fingerprint density at radius 3 is 3.17 bits per heavy atom. The van der Waals surface area contributed by atoms with E-state index in [-0.39, 0.29) is 0 Å². The summed E-state index contributed by atoms with van der Waals surface area (Å²) in [5.74, 6) is 1.26. The third-order valence-corrected chi connectivity index (χ3v) is 4.07. The van der Waals surface area contributed by atoms with E-state index in [1.165, 1.54) is 10.4 Å². The van der Waals surface area contributed by atoms with Crippen LogP contribution < -0.4 is 5.73 Å². The zero-order valence-corrected chi connectivity index (χ0v) is 8.58. The first kappa shape index (κ1) is 8.54. The summed E-state index contributed by atoms with van der Waals surface area (Å²) < 4.78 is 0.908. The van der Waals surface area contributed by atoms with E-state index in [9.17, 15) is 0 Å². The molecule has 0 amide bonds. The van der Waals surface area contributed by atoms with E-state index < -0.39 is 0 Å². The molecule has 0 saturated carbocycles. The minimum atomic E-state index is 0.553. The lowest BCUT2D eigenvalue weighted by Gasteiger charge is -2.12. The molecule has 0 aliphatic heterocycles. The van der Waals surface area contributed by atoms with E-state index in [0.717, 1.165) is 17.3 Å². The van der Waals surface area contributed by atoms with Crippen LogP contribution >= 0.6 is 22.9 Å². The molecule has 0 radical (unpaired) electrons. The molecule has 1 nitrogen and oxygen atoms in total. The highest BCUT2D eigenvalue weighted by atomic mass is 35.5. The van der Waals surface area contributed by atoms with Gasteiger partial charge in [-0.1, -0.05) is 18.5 Å². The molecule has 0 bridgehead atoms. The Morgan fingerprint density at radius 1 is 1.75 bits per heavy atom. The molecular formula is C9H12ClNS. The molecule has 2 N–H and O–H groups in total. The summed E-state index contributed by atoms with van der Waals surface area (Å²) in [5, 5.41) is 0. The van der Waals surface area contributed by atoms with Crippen LogP contribution in [0.15, 0.2) is 6.07 Å². The SMILES string of the molecule is CC1Cc2cc(Cl)sc2C1CN. The maximum absolute atomic E-state index is 5.93. The third kappa shape index (κ3) is 1.18. The second kappa shape index (κ2) is 3.02. The first-order chi connectivity index (χ1) is 5.72. The molecule has 2 unspecified atom stereocenters. The van der Waals surface area contributed by atoms with Gasteiger partial charge >= 0.3 is 0 Å². The summed E-state index contributed by atoms with van der Waals surface area (Å²) in [6.07, 6.45) is 1.15. The van der Waals surface area contributed by atoms with Gasteiger partial charge in [0.15, 0.2) is 0 Å². The van der Waals surface area contributed by atoms with Gasteiger partial charge in [0, 0.05) is 17.3 Å². The number of thiophene rings is 1. The van der Waals surface area contributed by atoms with Crippen LogP contribution in [0.3, 0.4) is 0 Å². The Bertz CT molecular complexity index is 295. The highest BCUT2D eigenvalue weighted by Gasteiger charge is 2.30. The fraction of sp³-hybridized carbons (Fsp3) is 0.556. The molecule has 66 valence electrons. The highest BCUT2D eigenvalue weighted by molar-refractivity contribution is 7.16. The van der Waals surface area contributed by atoms with Crippen LogP contribution in [0.4, 0.5) is 0 Å². The van der Waals surface area contributed by atoms with Crippen molar-refractivity contribution < 1.29 is 0 Å². The van der Waals surface area contributed by atoms with Gasteiger partial charge in [0.05, 0.1) is 4.34 Å². The van der Waals surface area contributed by atoms with Gasteiger partial charge in [-0.2, -0.15) is 0 Å². The Kier molecular flexibility index (Phi) is 2.15. The predicted molar refractivity (Wildman–Crippen MR) is 54.0 cm³/mol. The zero-order valence-electron chi connectivity index (χ0n) is 7.01. The Labute approximate surface area is 81.5 Å². The largest absolute Gasteiger partial charge is 0.330 e. The third-order valence-electron chi connectivity index (χ3n) is 2.63. The second-order valence-corrected chi connectivity index (χ2v) is 5.18. The van der Waals surface area contributed by atoms with E-state index in [1.54, 1.807) is 11.3 Å². The molecule has 0 aromatic carbocycles. The second-order valence-electron chi connectivity index (χ2n) is 3.46. The smallest absolute Gasteiger partial charge is 0.0934 e. The molecular weight excluding hydrogens is 190 g/mol. The molecule has 0 fully saturated rings. The van der Waals surface area contributed by atoms with Crippen LogP contribution in [0.2, 0.25) is 4.34 Å². The molecule has 1 heterocycles. The minimum Gasteiger partial charge on any atom is -0.330 e. The number of rotatable bonds is 1. The summed E-state index contributed by atoms with van der Waals surface area (Å²) in [7, 11) is 0. The van der Waals surface area contributed by atoms with Crippen molar-refractivity contribution in [1.29, 1.82) is 0 Å². The number of hydrogen-bond donors (Lipinski definition) is 1. The summed E-state index contributed by atoms with van der Waals surface area (Å²) in [6.45, 7) is 3.02. The molecule has 1 aliphatic rings. The molecule has 0 spiro atoms. The van der Waals surface area contributed by atoms with Crippen molar-refractivity contribution in [2.24, 2.45) is 11.7 Å². The minimum absolute atomic E-state index is 0.553. The molecule has 1 aromatic rings. The molecule has 1 aromatic heterocycles. The van der Waals surface area contributed by atoms with Crippen LogP contribution in [-0.4, -0.2) is 6.54 Å². The average molecular weight is 202 g/mol. The molecule has 0 saturated heterocycles. The van der Waals surface area contributed by atoms with E-state index in [4.69, 9.17) is 17.3 Å². The van der Waals surface area contributed by atoms with Crippen molar-refractivity contribution in [2.75, 3.05) is 6.54 Å². The van der Waals surface area contributed by atoms with Crippen LogP contribution in [0.5, 0.6) is 0 Å². The summed E-state index contributed by atoms with van der Waals surface area (Å²) in [4.78, 5) is 1.43. The van der Waals surface area contributed by atoms with Gasteiger partial charge in [0.1, 0.15) is 0 Å². The van der Waals surface area contributed by atoms with Crippen LogP contribution in [0, 0.1) is 5.92 Å². The lowest BCUT2D eigenvalue weighted by atomic mass is 9.98. The first-order valence-electron chi connectivity index (χ1n) is 4.20. The van der Waals surface area contributed by atoms with E-state index in [0.29, 0.717) is 11.8 Å². The lowest BCUT2D eigenvalue weighted by Crippen LogP contribution is -2.14. The summed E-state index contributed by atoms with van der Waals surface area (Å²) >= 11 is 7.62. The number of halogens is 1. The summed E-state index contributed by atoms with van der Waals surface area (Å²) in [6, 6.07) is 2.09. The fourth-order valence-corrected chi connectivity index (χ4v) is 3.51.